The quantitative estimate of drug-likeness (QED) is 0.325. The van der Waals surface area contributed by atoms with Gasteiger partial charge in [0.05, 0.1) is 6.61 Å². The molecular formula is C23H36O2. The first-order valence-corrected chi connectivity index (χ1v) is 10.3. The predicted octanol–water partition coefficient (Wildman–Crippen LogP) is 6.80. The first-order chi connectivity index (χ1) is 12.3. The summed E-state index contributed by atoms with van der Waals surface area (Å²) in [6, 6.07) is 7.93. The summed E-state index contributed by atoms with van der Waals surface area (Å²) in [6.07, 6.45) is 16.8. The molecule has 1 saturated carbocycles. The predicted molar refractivity (Wildman–Crippen MR) is 106 cm³/mol. The highest BCUT2D eigenvalue weighted by Gasteiger charge is 2.18. The monoisotopic (exact) mass is 344 g/mol. The summed E-state index contributed by atoms with van der Waals surface area (Å²) in [4.78, 5) is 0. The van der Waals surface area contributed by atoms with E-state index in [4.69, 9.17) is 9.47 Å². The van der Waals surface area contributed by atoms with Crippen LogP contribution in [0, 0.1) is 11.8 Å². The maximum absolute atomic E-state index is 5.80. The van der Waals surface area contributed by atoms with E-state index >= 15 is 0 Å². The van der Waals surface area contributed by atoms with E-state index < -0.39 is 0 Å². The highest BCUT2D eigenvalue weighted by molar-refractivity contribution is 5.31. The van der Waals surface area contributed by atoms with E-state index in [1.807, 2.05) is 24.3 Å². The Morgan fingerprint density at radius 3 is 2.20 bits per heavy atom. The van der Waals surface area contributed by atoms with Crippen LogP contribution in [0.1, 0.15) is 71.6 Å². The van der Waals surface area contributed by atoms with Crippen LogP contribution in [0.25, 0.3) is 0 Å². The van der Waals surface area contributed by atoms with Gasteiger partial charge in [0.1, 0.15) is 18.1 Å². The molecule has 2 nitrogen and oxygen atoms in total. The van der Waals surface area contributed by atoms with Crippen LogP contribution in [0.5, 0.6) is 11.5 Å². The molecule has 0 atom stereocenters. The fourth-order valence-corrected chi connectivity index (χ4v) is 3.60. The average Bonchev–Trinajstić information content (AvgIpc) is 2.66. The van der Waals surface area contributed by atoms with Gasteiger partial charge < -0.3 is 9.47 Å². The van der Waals surface area contributed by atoms with E-state index in [0.717, 1.165) is 36.4 Å². The Labute approximate surface area is 154 Å². The second-order valence-corrected chi connectivity index (χ2v) is 7.34. The summed E-state index contributed by atoms with van der Waals surface area (Å²) in [5.74, 6) is 3.57. The number of allylic oxidation sites excluding steroid dienone is 1. The minimum Gasteiger partial charge on any atom is -0.494 e. The molecule has 0 amide bonds. The maximum Gasteiger partial charge on any atom is 0.120 e. The Hall–Kier alpha value is -1.44. The van der Waals surface area contributed by atoms with E-state index in [9.17, 15) is 0 Å². The van der Waals surface area contributed by atoms with Gasteiger partial charge in [-0.05, 0) is 68.2 Å². The smallest absolute Gasteiger partial charge is 0.120 e. The molecule has 0 unspecified atom stereocenters. The first-order valence-electron chi connectivity index (χ1n) is 10.3. The normalized spacial score (nSPS) is 20.7. The van der Waals surface area contributed by atoms with Gasteiger partial charge in [0.2, 0.25) is 0 Å². The zero-order valence-corrected chi connectivity index (χ0v) is 16.2. The molecule has 0 saturated heterocycles. The molecule has 1 aliphatic carbocycles. The second kappa shape index (κ2) is 12.0. The van der Waals surface area contributed by atoms with Crippen LogP contribution >= 0.6 is 0 Å². The number of hydrogen-bond donors (Lipinski definition) is 0. The molecule has 2 heteroatoms. The maximum atomic E-state index is 5.80. The SMILES string of the molecule is CCCCC[C@H]1CC[C@H](/C=C/COc2ccc(OCCC)cc2)CC1. The molecule has 25 heavy (non-hydrogen) atoms. The average molecular weight is 345 g/mol. The molecule has 1 aromatic rings. The van der Waals surface area contributed by atoms with E-state index in [-0.39, 0.29) is 0 Å². The van der Waals surface area contributed by atoms with Gasteiger partial charge >= 0.3 is 0 Å². The molecule has 0 spiro atoms. The largest absolute Gasteiger partial charge is 0.494 e. The first kappa shape index (κ1) is 19.9. The third-order valence-corrected chi connectivity index (χ3v) is 5.16. The van der Waals surface area contributed by atoms with Crippen LogP contribution in [-0.4, -0.2) is 13.2 Å². The number of ether oxygens (including phenoxy) is 2. The highest BCUT2D eigenvalue weighted by atomic mass is 16.5. The molecule has 0 radical (unpaired) electrons. The van der Waals surface area contributed by atoms with Crippen molar-refractivity contribution in [2.45, 2.75) is 71.6 Å². The third kappa shape index (κ3) is 7.98. The van der Waals surface area contributed by atoms with Gasteiger partial charge in [-0.25, -0.2) is 0 Å². The van der Waals surface area contributed by atoms with Crippen molar-refractivity contribution in [1.29, 1.82) is 0 Å². The zero-order chi connectivity index (χ0) is 17.7. The van der Waals surface area contributed by atoms with Crippen LogP contribution in [0.3, 0.4) is 0 Å². The van der Waals surface area contributed by atoms with Gasteiger partial charge in [-0.1, -0.05) is 51.7 Å². The van der Waals surface area contributed by atoms with Crippen LogP contribution in [0.15, 0.2) is 36.4 Å². The fraction of sp³-hybridized carbons (Fsp3) is 0.652. The number of rotatable bonds is 11. The Morgan fingerprint density at radius 1 is 0.880 bits per heavy atom. The molecule has 1 fully saturated rings. The summed E-state index contributed by atoms with van der Waals surface area (Å²) in [5.41, 5.74) is 0. The lowest BCUT2D eigenvalue weighted by atomic mass is 9.79. The van der Waals surface area contributed by atoms with Gasteiger partial charge in [-0.3, -0.25) is 0 Å². The topological polar surface area (TPSA) is 18.5 Å². The Kier molecular flexibility index (Phi) is 9.54. The van der Waals surface area contributed by atoms with E-state index in [0.29, 0.717) is 6.61 Å². The summed E-state index contributed by atoms with van der Waals surface area (Å²) in [7, 11) is 0. The van der Waals surface area contributed by atoms with Crippen LogP contribution in [0.2, 0.25) is 0 Å². The van der Waals surface area contributed by atoms with Crippen LogP contribution in [-0.2, 0) is 0 Å². The van der Waals surface area contributed by atoms with Crippen molar-refractivity contribution in [3.8, 4) is 11.5 Å². The van der Waals surface area contributed by atoms with Gasteiger partial charge in [0, 0.05) is 0 Å². The highest BCUT2D eigenvalue weighted by Crippen LogP contribution is 2.32. The summed E-state index contributed by atoms with van der Waals surface area (Å²) >= 11 is 0. The third-order valence-electron chi connectivity index (χ3n) is 5.16. The molecule has 0 aromatic heterocycles. The molecule has 0 bridgehead atoms. The van der Waals surface area contributed by atoms with Crippen molar-refractivity contribution >= 4 is 0 Å². The zero-order valence-electron chi connectivity index (χ0n) is 16.2. The number of unbranched alkanes of at least 4 members (excludes halogenated alkanes) is 2. The Morgan fingerprint density at radius 2 is 1.56 bits per heavy atom. The van der Waals surface area contributed by atoms with Crippen molar-refractivity contribution < 1.29 is 9.47 Å². The summed E-state index contributed by atoms with van der Waals surface area (Å²) in [6.45, 7) is 5.83. The van der Waals surface area contributed by atoms with Crippen LogP contribution < -0.4 is 9.47 Å². The van der Waals surface area contributed by atoms with Gasteiger partial charge in [0.25, 0.3) is 0 Å². The van der Waals surface area contributed by atoms with Crippen LogP contribution in [0.4, 0.5) is 0 Å². The lowest BCUT2D eigenvalue weighted by Crippen LogP contribution is -2.13. The van der Waals surface area contributed by atoms with E-state index in [1.165, 1.54) is 51.4 Å². The van der Waals surface area contributed by atoms with Crippen molar-refractivity contribution in [2.75, 3.05) is 13.2 Å². The van der Waals surface area contributed by atoms with Gasteiger partial charge in [-0.2, -0.15) is 0 Å². The molecule has 0 aliphatic heterocycles. The molecule has 2 rings (SSSR count). The summed E-state index contributed by atoms with van der Waals surface area (Å²) < 4.78 is 11.4. The van der Waals surface area contributed by atoms with Crippen molar-refractivity contribution in [3.63, 3.8) is 0 Å². The fourth-order valence-electron chi connectivity index (χ4n) is 3.60. The number of hydrogen-bond acceptors (Lipinski definition) is 2. The van der Waals surface area contributed by atoms with Crippen molar-refractivity contribution in [3.05, 3.63) is 36.4 Å². The summed E-state index contributed by atoms with van der Waals surface area (Å²) in [5, 5.41) is 0. The Bertz CT molecular complexity index is 469. The molecule has 0 N–H and O–H groups in total. The molecule has 0 heterocycles. The Balaban J connectivity index is 1.60. The number of benzene rings is 1. The van der Waals surface area contributed by atoms with E-state index in [2.05, 4.69) is 26.0 Å². The molecule has 140 valence electrons. The molecule has 1 aromatic carbocycles. The van der Waals surface area contributed by atoms with E-state index in [1.54, 1.807) is 0 Å². The molecule has 1 aliphatic rings. The van der Waals surface area contributed by atoms with Gasteiger partial charge in [-0.15, -0.1) is 0 Å². The van der Waals surface area contributed by atoms with Crippen molar-refractivity contribution in [1.82, 2.24) is 0 Å². The second-order valence-electron chi connectivity index (χ2n) is 7.34. The minimum absolute atomic E-state index is 0.658. The lowest BCUT2D eigenvalue weighted by molar-refractivity contribution is 0.288. The van der Waals surface area contributed by atoms with Gasteiger partial charge in [0.15, 0.2) is 0 Å². The lowest BCUT2D eigenvalue weighted by Gasteiger charge is -2.26. The minimum atomic E-state index is 0.658. The van der Waals surface area contributed by atoms with Crippen molar-refractivity contribution in [2.24, 2.45) is 11.8 Å². The standard InChI is InChI=1S/C23H36O2/c1-3-5-6-8-20-10-12-21(13-11-20)9-7-19-25-23-16-14-22(15-17-23)24-18-4-2/h7,9,14-17,20-21H,3-6,8,10-13,18-19H2,1-2H3/b9-7+/t20-,21-. The molecular weight excluding hydrogens is 308 g/mol.